The first-order valence-electron chi connectivity index (χ1n) is 7.27. The van der Waals surface area contributed by atoms with E-state index in [4.69, 9.17) is 10.00 Å². The van der Waals surface area contributed by atoms with Crippen LogP contribution in [0.15, 0.2) is 48.0 Å². The van der Waals surface area contributed by atoms with E-state index in [-0.39, 0.29) is 5.88 Å². The summed E-state index contributed by atoms with van der Waals surface area (Å²) in [5, 5.41) is 15.1. The fraction of sp³-hybridized carbons (Fsp3) is 0.0588. The number of ether oxygens (including phenoxy) is 1. The maximum Gasteiger partial charge on any atom is 0.419 e. The van der Waals surface area contributed by atoms with Crippen molar-refractivity contribution in [3.05, 3.63) is 59.2 Å². The molecule has 0 atom stereocenters. The third-order valence-electron chi connectivity index (χ3n) is 3.09. The first-order chi connectivity index (χ1) is 12.1. The maximum absolute atomic E-state index is 12.0. The van der Waals surface area contributed by atoms with E-state index in [0.29, 0.717) is 22.1 Å². The Bertz CT molecular complexity index is 948. The molecule has 0 spiro atoms. The van der Waals surface area contributed by atoms with Crippen molar-refractivity contribution in [1.29, 1.82) is 5.26 Å². The van der Waals surface area contributed by atoms with Crippen LogP contribution in [0.5, 0.6) is 5.88 Å². The summed E-state index contributed by atoms with van der Waals surface area (Å²) in [7, 11) is 0. The second kappa shape index (κ2) is 7.42. The van der Waals surface area contributed by atoms with Crippen LogP contribution in [0.3, 0.4) is 0 Å². The van der Waals surface area contributed by atoms with Crippen molar-refractivity contribution in [2.75, 3.05) is 10.6 Å². The molecule has 0 saturated carbocycles. The molecule has 8 heteroatoms. The Kier molecular flexibility index (Phi) is 4.87. The number of carbonyl (C=O) groups is 1. The monoisotopic (exact) mass is 351 g/mol. The maximum atomic E-state index is 12.0. The van der Waals surface area contributed by atoms with Gasteiger partial charge in [-0.25, -0.2) is 14.8 Å². The second-order valence-corrected chi connectivity index (χ2v) is 5.84. The van der Waals surface area contributed by atoms with Crippen molar-refractivity contribution in [2.24, 2.45) is 0 Å². The molecule has 1 aromatic carbocycles. The molecule has 0 unspecified atom stereocenters. The van der Waals surface area contributed by atoms with E-state index >= 15 is 0 Å². The van der Waals surface area contributed by atoms with Gasteiger partial charge in [-0.2, -0.15) is 5.26 Å². The zero-order chi connectivity index (χ0) is 17.6. The standard InChI is InChI=1S/C17H13N5O2S/c1-11-4-2-7-14(20-11)22-17(23)24-15-16(25-10-19-15)21-13-6-3-5-12(8-13)9-18/h2-8,10,21H,1H3,(H,20,22,23). The summed E-state index contributed by atoms with van der Waals surface area (Å²) in [4.78, 5) is 20.2. The van der Waals surface area contributed by atoms with Gasteiger partial charge in [0.05, 0.1) is 17.1 Å². The van der Waals surface area contributed by atoms with Gasteiger partial charge in [-0.3, -0.25) is 5.32 Å². The van der Waals surface area contributed by atoms with Gasteiger partial charge in [0.1, 0.15) is 5.82 Å². The molecule has 0 aliphatic heterocycles. The largest absolute Gasteiger partial charge is 0.419 e. The minimum atomic E-state index is -0.683. The highest BCUT2D eigenvalue weighted by molar-refractivity contribution is 7.14. The lowest BCUT2D eigenvalue weighted by Gasteiger charge is -2.08. The first kappa shape index (κ1) is 16.4. The average molecular weight is 351 g/mol. The molecular weight excluding hydrogens is 338 g/mol. The SMILES string of the molecule is Cc1cccc(NC(=O)Oc2ncsc2Nc2cccc(C#N)c2)n1. The molecule has 3 aromatic rings. The summed E-state index contributed by atoms with van der Waals surface area (Å²) in [6.45, 7) is 1.83. The number of pyridine rings is 1. The predicted octanol–water partition coefficient (Wildman–Crippen LogP) is 4.07. The number of nitriles is 1. The number of aryl methyl sites for hydroxylation is 1. The second-order valence-electron chi connectivity index (χ2n) is 4.98. The highest BCUT2D eigenvalue weighted by Crippen LogP contribution is 2.31. The average Bonchev–Trinajstić information content (AvgIpc) is 3.01. The number of rotatable bonds is 4. The molecule has 2 aromatic heterocycles. The zero-order valence-electron chi connectivity index (χ0n) is 13.2. The zero-order valence-corrected chi connectivity index (χ0v) is 14.0. The molecule has 0 bridgehead atoms. The summed E-state index contributed by atoms with van der Waals surface area (Å²) in [6.07, 6.45) is -0.683. The van der Waals surface area contributed by atoms with Crippen LogP contribution >= 0.6 is 11.3 Å². The van der Waals surface area contributed by atoms with E-state index in [9.17, 15) is 4.79 Å². The van der Waals surface area contributed by atoms with Crippen molar-refractivity contribution < 1.29 is 9.53 Å². The van der Waals surface area contributed by atoms with Crippen molar-refractivity contribution >= 4 is 33.9 Å². The van der Waals surface area contributed by atoms with E-state index in [2.05, 4.69) is 26.7 Å². The molecule has 0 fully saturated rings. The van der Waals surface area contributed by atoms with Gasteiger partial charge in [0.25, 0.3) is 5.88 Å². The number of hydrogen-bond donors (Lipinski definition) is 2. The number of nitrogens with zero attached hydrogens (tertiary/aromatic N) is 3. The predicted molar refractivity (Wildman–Crippen MR) is 95.2 cm³/mol. The van der Waals surface area contributed by atoms with Gasteiger partial charge in [0, 0.05) is 11.4 Å². The molecule has 7 nitrogen and oxygen atoms in total. The lowest BCUT2D eigenvalue weighted by Crippen LogP contribution is -2.18. The number of hydrogen-bond acceptors (Lipinski definition) is 7. The first-order valence-corrected chi connectivity index (χ1v) is 8.15. The molecule has 3 rings (SSSR count). The summed E-state index contributed by atoms with van der Waals surface area (Å²) < 4.78 is 5.24. The Morgan fingerprint density at radius 1 is 1.28 bits per heavy atom. The number of amides is 1. The number of aromatic nitrogens is 2. The van der Waals surface area contributed by atoms with E-state index in [1.54, 1.807) is 41.9 Å². The molecule has 1 amide bonds. The lowest BCUT2D eigenvalue weighted by molar-refractivity contribution is 0.214. The Hall–Kier alpha value is -3.44. The Morgan fingerprint density at radius 3 is 2.92 bits per heavy atom. The molecule has 25 heavy (non-hydrogen) atoms. The Morgan fingerprint density at radius 2 is 2.12 bits per heavy atom. The summed E-state index contributed by atoms with van der Waals surface area (Å²) in [6, 6.07) is 14.3. The van der Waals surface area contributed by atoms with Gasteiger partial charge in [0.15, 0.2) is 5.00 Å². The quantitative estimate of drug-likeness (QED) is 0.735. The van der Waals surface area contributed by atoms with Crippen molar-refractivity contribution in [1.82, 2.24) is 9.97 Å². The number of carbonyl (C=O) groups excluding carboxylic acids is 1. The topological polar surface area (TPSA) is 99.9 Å². The van der Waals surface area contributed by atoms with Crippen LogP contribution in [0.2, 0.25) is 0 Å². The molecule has 2 heterocycles. The normalized spacial score (nSPS) is 9.92. The molecule has 0 saturated heterocycles. The molecular formula is C17H13N5O2S. The molecule has 0 radical (unpaired) electrons. The highest BCUT2D eigenvalue weighted by atomic mass is 32.1. The number of thiazole rings is 1. The fourth-order valence-corrected chi connectivity index (χ4v) is 2.65. The fourth-order valence-electron chi connectivity index (χ4n) is 2.02. The lowest BCUT2D eigenvalue weighted by atomic mass is 10.2. The van der Waals surface area contributed by atoms with E-state index < -0.39 is 6.09 Å². The molecule has 2 N–H and O–H groups in total. The van der Waals surface area contributed by atoms with E-state index in [1.807, 2.05) is 13.0 Å². The van der Waals surface area contributed by atoms with Crippen LogP contribution in [0.1, 0.15) is 11.3 Å². The molecule has 0 aliphatic carbocycles. The van der Waals surface area contributed by atoms with Crippen molar-refractivity contribution in [3.8, 4) is 11.9 Å². The summed E-state index contributed by atoms with van der Waals surface area (Å²) >= 11 is 1.28. The number of nitrogens with one attached hydrogen (secondary N) is 2. The number of benzene rings is 1. The van der Waals surface area contributed by atoms with Gasteiger partial charge in [-0.1, -0.05) is 12.1 Å². The van der Waals surface area contributed by atoms with Gasteiger partial charge in [-0.15, -0.1) is 11.3 Å². The Balaban J connectivity index is 1.69. The van der Waals surface area contributed by atoms with Crippen LogP contribution in [0.4, 0.5) is 21.3 Å². The summed E-state index contributed by atoms with van der Waals surface area (Å²) in [5.41, 5.74) is 3.57. The molecule has 0 aliphatic rings. The van der Waals surface area contributed by atoms with Crippen LogP contribution < -0.4 is 15.4 Å². The van der Waals surface area contributed by atoms with Gasteiger partial charge < -0.3 is 10.1 Å². The third-order valence-corrected chi connectivity index (χ3v) is 3.82. The molecule has 124 valence electrons. The van der Waals surface area contributed by atoms with Crippen LogP contribution in [-0.2, 0) is 0 Å². The highest BCUT2D eigenvalue weighted by Gasteiger charge is 2.13. The van der Waals surface area contributed by atoms with Crippen molar-refractivity contribution in [2.45, 2.75) is 6.92 Å². The van der Waals surface area contributed by atoms with E-state index in [0.717, 1.165) is 5.69 Å². The number of anilines is 3. The smallest absolute Gasteiger partial charge is 0.388 e. The van der Waals surface area contributed by atoms with Crippen molar-refractivity contribution in [3.63, 3.8) is 0 Å². The van der Waals surface area contributed by atoms with Crippen LogP contribution in [-0.4, -0.2) is 16.1 Å². The Labute approximate surface area is 147 Å². The minimum Gasteiger partial charge on any atom is -0.388 e. The summed E-state index contributed by atoms with van der Waals surface area (Å²) in [5.74, 6) is 0.550. The van der Waals surface area contributed by atoms with Gasteiger partial charge in [-0.05, 0) is 37.3 Å². The van der Waals surface area contributed by atoms with Crippen LogP contribution in [0, 0.1) is 18.3 Å². The van der Waals surface area contributed by atoms with Gasteiger partial charge >= 0.3 is 6.09 Å². The van der Waals surface area contributed by atoms with Crippen LogP contribution in [0.25, 0.3) is 0 Å². The third kappa shape index (κ3) is 4.31. The van der Waals surface area contributed by atoms with Gasteiger partial charge in [0.2, 0.25) is 0 Å². The minimum absolute atomic E-state index is 0.150. The van der Waals surface area contributed by atoms with E-state index in [1.165, 1.54) is 11.3 Å².